The van der Waals surface area contributed by atoms with Gasteiger partial charge in [0.2, 0.25) is 0 Å². The Bertz CT molecular complexity index is 100. The topological polar surface area (TPSA) is 32.3 Å². The quantitative estimate of drug-likeness (QED) is 0.615. The van der Waals surface area contributed by atoms with Crippen molar-refractivity contribution < 1.29 is 5.11 Å². The van der Waals surface area contributed by atoms with Gasteiger partial charge in [-0.15, -0.1) is 0 Å². The first-order valence-corrected chi connectivity index (χ1v) is 5.25. The Kier molecular flexibility index (Phi) is 5.37. The lowest BCUT2D eigenvalue weighted by Crippen LogP contribution is -2.29. The largest absolute Gasteiger partial charge is 0.396 e. The van der Waals surface area contributed by atoms with E-state index in [2.05, 4.69) is 5.32 Å². The van der Waals surface area contributed by atoms with Gasteiger partial charge in [-0.3, -0.25) is 0 Å². The lowest BCUT2D eigenvalue weighted by Gasteiger charge is -2.22. The van der Waals surface area contributed by atoms with E-state index in [1.165, 1.54) is 45.2 Å². The van der Waals surface area contributed by atoms with Gasteiger partial charge >= 0.3 is 0 Å². The molecular formula is C10H21NO. The van der Waals surface area contributed by atoms with Gasteiger partial charge in [0.05, 0.1) is 0 Å². The maximum Gasteiger partial charge on any atom is 0.0431 e. The maximum atomic E-state index is 8.59. The van der Waals surface area contributed by atoms with E-state index >= 15 is 0 Å². The van der Waals surface area contributed by atoms with Gasteiger partial charge in [-0.1, -0.05) is 12.8 Å². The van der Waals surface area contributed by atoms with Gasteiger partial charge in [-0.05, 0) is 44.7 Å². The van der Waals surface area contributed by atoms with Crippen molar-refractivity contribution in [1.29, 1.82) is 0 Å². The zero-order chi connectivity index (χ0) is 8.65. The first-order valence-electron chi connectivity index (χ1n) is 5.25. The number of aliphatic hydroxyl groups excluding tert-OH is 1. The van der Waals surface area contributed by atoms with E-state index in [-0.39, 0.29) is 0 Å². The van der Waals surface area contributed by atoms with Crippen LogP contribution in [0.3, 0.4) is 0 Å². The van der Waals surface area contributed by atoms with Crippen LogP contribution in [-0.2, 0) is 0 Å². The number of piperidine rings is 1. The normalized spacial score (nSPS) is 24.2. The molecule has 1 heterocycles. The first kappa shape index (κ1) is 10.0. The Morgan fingerprint density at radius 2 is 2.17 bits per heavy atom. The second kappa shape index (κ2) is 6.44. The Balaban J connectivity index is 1.91. The highest BCUT2D eigenvalue weighted by Gasteiger charge is 2.11. The van der Waals surface area contributed by atoms with Crippen molar-refractivity contribution in [3.63, 3.8) is 0 Å². The summed E-state index contributed by atoms with van der Waals surface area (Å²) in [5.74, 6) is 0.914. The van der Waals surface area contributed by atoms with Crippen LogP contribution in [0.1, 0.15) is 38.5 Å². The van der Waals surface area contributed by atoms with Crippen molar-refractivity contribution in [2.24, 2.45) is 5.92 Å². The van der Waals surface area contributed by atoms with E-state index in [4.69, 9.17) is 5.11 Å². The SMILES string of the molecule is OCCCCC[C@@H]1CCCNC1. The Morgan fingerprint density at radius 1 is 1.25 bits per heavy atom. The van der Waals surface area contributed by atoms with E-state index < -0.39 is 0 Å². The predicted molar refractivity (Wildman–Crippen MR) is 51.1 cm³/mol. The van der Waals surface area contributed by atoms with Gasteiger partial charge in [0.1, 0.15) is 0 Å². The molecule has 72 valence electrons. The van der Waals surface area contributed by atoms with Gasteiger partial charge in [-0.25, -0.2) is 0 Å². The molecule has 0 spiro atoms. The third kappa shape index (κ3) is 4.07. The smallest absolute Gasteiger partial charge is 0.0431 e. The lowest BCUT2D eigenvalue weighted by atomic mass is 9.94. The van der Waals surface area contributed by atoms with E-state index in [1.54, 1.807) is 0 Å². The molecule has 1 rings (SSSR count). The summed E-state index contributed by atoms with van der Waals surface area (Å²) in [6.07, 6.45) is 7.60. The highest BCUT2D eigenvalue weighted by atomic mass is 16.2. The number of hydrogen-bond acceptors (Lipinski definition) is 2. The molecule has 1 fully saturated rings. The number of unbranched alkanes of at least 4 members (excludes halogenated alkanes) is 2. The second-order valence-electron chi connectivity index (χ2n) is 3.79. The minimum Gasteiger partial charge on any atom is -0.396 e. The van der Waals surface area contributed by atoms with E-state index in [0.717, 1.165) is 12.3 Å². The monoisotopic (exact) mass is 171 g/mol. The van der Waals surface area contributed by atoms with Crippen LogP contribution in [0.4, 0.5) is 0 Å². The molecule has 0 radical (unpaired) electrons. The van der Waals surface area contributed by atoms with Crippen LogP contribution in [0.5, 0.6) is 0 Å². The molecule has 0 aliphatic carbocycles. The zero-order valence-electron chi connectivity index (χ0n) is 7.89. The van der Waals surface area contributed by atoms with Crippen LogP contribution in [0.2, 0.25) is 0 Å². The average Bonchev–Trinajstić information content (AvgIpc) is 2.14. The third-order valence-corrected chi connectivity index (χ3v) is 2.67. The highest BCUT2D eigenvalue weighted by Crippen LogP contribution is 2.17. The average molecular weight is 171 g/mol. The lowest BCUT2D eigenvalue weighted by molar-refractivity contribution is 0.277. The van der Waals surface area contributed by atoms with Gasteiger partial charge < -0.3 is 10.4 Å². The third-order valence-electron chi connectivity index (χ3n) is 2.67. The molecule has 12 heavy (non-hydrogen) atoms. The molecule has 1 saturated heterocycles. The van der Waals surface area contributed by atoms with Crippen molar-refractivity contribution in [3.8, 4) is 0 Å². The van der Waals surface area contributed by atoms with Crippen molar-refractivity contribution in [3.05, 3.63) is 0 Å². The molecule has 1 atom stereocenters. The van der Waals surface area contributed by atoms with Crippen molar-refractivity contribution in [1.82, 2.24) is 5.32 Å². The summed E-state index contributed by atoms with van der Waals surface area (Å²) < 4.78 is 0. The number of hydrogen-bond donors (Lipinski definition) is 2. The fraction of sp³-hybridized carbons (Fsp3) is 1.00. The van der Waals surface area contributed by atoms with E-state index in [0.29, 0.717) is 6.61 Å². The molecule has 1 aliphatic heterocycles. The second-order valence-corrected chi connectivity index (χ2v) is 3.79. The molecular weight excluding hydrogens is 150 g/mol. The van der Waals surface area contributed by atoms with Crippen molar-refractivity contribution in [2.75, 3.05) is 19.7 Å². The summed E-state index contributed by atoms with van der Waals surface area (Å²) in [4.78, 5) is 0. The van der Waals surface area contributed by atoms with Gasteiger partial charge in [-0.2, -0.15) is 0 Å². The summed E-state index contributed by atoms with van der Waals surface area (Å²) in [5, 5.41) is 12.0. The summed E-state index contributed by atoms with van der Waals surface area (Å²) in [6, 6.07) is 0. The Morgan fingerprint density at radius 3 is 2.83 bits per heavy atom. The summed E-state index contributed by atoms with van der Waals surface area (Å²) in [5.41, 5.74) is 0. The number of rotatable bonds is 5. The van der Waals surface area contributed by atoms with Crippen molar-refractivity contribution in [2.45, 2.75) is 38.5 Å². The Labute approximate surface area is 75.4 Å². The fourth-order valence-corrected chi connectivity index (χ4v) is 1.89. The molecule has 1 aliphatic rings. The molecule has 0 amide bonds. The van der Waals surface area contributed by atoms with Crippen LogP contribution in [0, 0.1) is 5.92 Å². The minimum atomic E-state index is 0.364. The zero-order valence-corrected chi connectivity index (χ0v) is 7.89. The molecule has 2 nitrogen and oxygen atoms in total. The standard InChI is InChI=1S/C10H21NO/c12-8-3-1-2-5-10-6-4-7-11-9-10/h10-12H,1-9H2/t10-/m1/s1. The number of nitrogens with one attached hydrogen (secondary N) is 1. The number of aliphatic hydroxyl groups is 1. The minimum absolute atomic E-state index is 0.364. The van der Waals surface area contributed by atoms with E-state index in [9.17, 15) is 0 Å². The highest BCUT2D eigenvalue weighted by molar-refractivity contribution is 4.68. The van der Waals surface area contributed by atoms with Gasteiger partial charge in [0.15, 0.2) is 0 Å². The molecule has 0 aromatic rings. The molecule has 0 aromatic carbocycles. The summed E-state index contributed by atoms with van der Waals surface area (Å²) in [6.45, 7) is 2.80. The first-order chi connectivity index (χ1) is 5.93. The van der Waals surface area contributed by atoms with Crippen LogP contribution in [-0.4, -0.2) is 24.8 Å². The molecule has 2 heteroatoms. The van der Waals surface area contributed by atoms with Crippen molar-refractivity contribution >= 4 is 0 Å². The summed E-state index contributed by atoms with van der Waals surface area (Å²) >= 11 is 0. The Hall–Kier alpha value is -0.0800. The summed E-state index contributed by atoms with van der Waals surface area (Å²) in [7, 11) is 0. The molecule has 0 aromatic heterocycles. The molecule has 0 bridgehead atoms. The van der Waals surface area contributed by atoms with Crippen LogP contribution < -0.4 is 5.32 Å². The maximum absolute atomic E-state index is 8.59. The van der Waals surface area contributed by atoms with Crippen LogP contribution in [0.15, 0.2) is 0 Å². The molecule has 0 unspecified atom stereocenters. The van der Waals surface area contributed by atoms with Gasteiger partial charge in [0.25, 0.3) is 0 Å². The molecule has 2 N–H and O–H groups in total. The fourth-order valence-electron chi connectivity index (χ4n) is 1.89. The predicted octanol–water partition coefficient (Wildman–Crippen LogP) is 1.54. The molecule has 0 saturated carbocycles. The van der Waals surface area contributed by atoms with Crippen LogP contribution in [0.25, 0.3) is 0 Å². The van der Waals surface area contributed by atoms with Gasteiger partial charge in [0, 0.05) is 6.61 Å². The van der Waals surface area contributed by atoms with E-state index in [1.807, 2.05) is 0 Å². The van der Waals surface area contributed by atoms with Crippen LogP contribution >= 0.6 is 0 Å².